The summed E-state index contributed by atoms with van der Waals surface area (Å²) in [5, 5.41) is 12.0. The zero-order valence-electron chi connectivity index (χ0n) is 18.7. The molecule has 4 aromatic rings. The molecule has 0 spiro atoms. The normalized spacial score (nSPS) is 11.7. The number of H-pyrrole nitrogens is 1. The third-order valence-electron chi connectivity index (χ3n) is 5.74. The lowest BCUT2D eigenvalue weighted by atomic mass is 10.0. The number of pyridine rings is 1. The number of nitrogens with two attached hydrogens (primary N) is 1. The molecule has 0 fully saturated rings. The van der Waals surface area contributed by atoms with Gasteiger partial charge in [0, 0.05) is 35.6 Å². The number of nitrogens with one attached hydrogen (secondary N) is 2. The number of aromatic nitrogens is 1. The van der Waals surface area contributed by atoms with Gasteiger partial charge in [0.05, 0.1) is 0 Å². The van der Waals surface area contributed by atoms with Crippen LogP contribution in [-0.4, -0.2) is 40.3 Å². The number of aromatic carboxylic acids is 1. The maximum absolute atomic E-state index is 12.9. The van der Waals surface area contributed by atoms with Crippen LogP contribution in [0.3, 0.4) is 0 Å². The molecular weight excluding hydrogens is 446 g/mol. The summed E-state index contributed by atoms with van der Waals surface area (Å²) in [6, 6.07) is 20.6. The molecule has 0 aliphatic rings. The van der Waals surface area contributed by atoms with Gasteiger partial charge < -0.3 is 21.1 Å². The van der Waals surface area contributed by atoms with Gasteiger partial charge in [-0.1, -0.05) is 48.5 Å². The quantitative estimate of drug-likeness (QED) is 0.313. The molecule has 0 bridgehead atoms. The first kappa shape index (κ1) is 23.6. The Balaban J connectivity index is 1.47. The second kappa shape index (κ2) is 10.1. The third-order valence-corrected chi connectivity index (χ3v) is 5.74. The highest BCUT2D eigenvalue weighted by Crippen LogP contribution is 2.19. The Morgan fingerprint density at radius 3 is 2.29 bits per heavy atom. The van der Waals surface area contributed by atoms with Gasteiger partial charge in [0.1, 0.15) is 11.6 Å². The van der Waals surface area contributed by atoms with Gasteiger partial charge in [0.2, 0.25) is 5.43 Å². The van der Waals surface area contributed by atoms with Crippen LogP contribution in [0.4, 0.5) is 0 Å². The Labute approximate surface area is 200 Å². The molecule has 5 N–H and O–H groups in total. The first-order valence-electron chi connectivity index (χ1n) is 10.9. The average Bonchev–Trinajstić information content (AvgIpc) is 2.88. The van der Waals surface area contributed by atoms with E-state index in [1.807, 2.05) is 42.5 Å². The molecule has 4 rings (SSSR count). The molecule has 0 unspecified atom stereocenters. The van der Waals surface area contributed by atoms with Crippen molar-refractivity contribution in [2.24, 2.45) is 5.73 Å². The summed E-state index contributed by atoms with van der Waals surface area (Å²) in [5.74, 6) is -2.08. The molecule has 0 aliphatic carbocycles. The predicted molar refractivity (Wildman–Crippen MR) is 132 cm³/mol. The van der Waals surface area contributed by atoms with E-state index in [2.05, 4.69) is 10.3 Å². The second-order valence-electron chi connectivity index (χ2n) is 8.06. The fraction of sp³-hybridized carbons (Fsp3) is 0.111. The lowest BCUT2D eigenvalue weighted by molar-refractivity contribution is -0.120. The van der Waals surface area contributed by atoms with Gasteiger partial charge >= 0.3 is 5.97 Å². The van der Waals surface area contributed by atoms with E-state index >= 15 is 0 Å². The number of ketones is 1. The van der Waals surface area contributed by atoms with Crippen LogP contribution in [0.5, 0.6) is 0 Å². The molecule has 1 heterocycles. The van der Waals surface area contributed by atoms with Crippen LogP contribution in [0.2, 0.25) is 0 Å². The summed E-state index contributed by atoms with van der Waals surface area (Å²) in [4.78, 5) is 52.1. The van der Waals surface area contributed by atoms with E-state index in [-0.39, 0.29) is 29.7 Å². The maximum Gasteiger partial charge on any atom is 0.341 e. The van der Waals surface area contributed by atoms with Crippen LogP contribution < -0.4 is 16.5 Å². The van der Waals surface area contributed by atoms with E-state index in [1.165, 1.54) is 6.07 Å². The number of carboxylic acid groups (broad SMARTS) is 1. The number of carbonyl (C=O) groups is 3. The number of amides is 1. The molecule has 8 heteroatoms. The number of Topliss-reactive ketones (excluding diaryl/α,β-unsaturated/α-hetero) is 1. The number of carboxylic acids is 1. The molecule has 0 saturated carbocycles. The Morgan fingerprint density at radius 1 is 0.943 bits per heavy atom. The number of benzene rings is 3. The Kier molecular flexibility index (Phi) is 6.84. The third kappa shape index (κ3) is 5.18. The smallest absolute Gasteiger partial charge is 0.341 e. The predicted octanol–water partition coefficient (Wildman–Crippen LogP) is 2.76. The zero-order valence-corrected chi connectivity index (χ0v) is 18.7. The van der Waals surface area contributed by atoms with Gasteiger partial charge in [-0.3, -0.25) is 14.4 Å². The molecule has 0 radical (unpaired) electrons. The van der Waals surface area contributed by atoms with Crippen molar-refractivity contribution in [3.63, 3.8) is 0 Å². The summed E-state index contributed by atoms with van der Waals surface area (Å²) in [6.07, 6.45) is 1.06. The van der Waals surface area contributed by atoms with Crippen LogP contribution in [0.1, 0.15) is 26.3 Å². The summed E-state index contributed by atoms with van der Waals surface area (Å²) >= 11 is 0. The highest BCUT2D eigenvalue weighted by molar-refractivity contribution is 5.99. The van der Waals surface area contributed by atoms with E-state index in [0.29, 0.717) is 16.6 Å². The van der Waals surface area contributed by atoms with Crippen molar-refractivity contribution >= 4 is 28.6 Å². The van der Waals surface area contributed by atoms with Gasteiger partial charge in [0.15, 0.2) is 5.78 Å². The molecule has 0 saturated heterocycles. The van der Waals surface area contributed by atoms with Crippen LogP contribution in [0.25, 0.3) is 22.0 Å². The molecule has 8 nitrogen and oxygen atoms in total. The number of aromatic amines is 1. The van der Waals surface area contributed by atoms with Crippen molar-refractivity contribution in [1.82, 2.24) is 10.3 Å². The largest absolute Gasteiger partial charge is 0.477 e. The van der Waals surface area contributed by atoms with Crippen LogP contribution >= 0.6 is 0 Å². The van der Waals surface area contributed by atoms with Crippen molar-refractivity contribution in [2.45, 2.75) is 12.5 Å². The van der Waals surface area contributed by atoms with Crippen LogP contribution in [0, 0.1) is 0 Å². The minimum atomic E-state index is -1.34. The minimum Gasteiger partial charge on any atom is -0.477 e. The summed E-state index contributed by atoms with van der Waals surface area (Å²) < 4.78 is 0. The van der Waals surface area contributed by atoms with Gasteiger partial charge in [-0.2, -0.15) is 0 Å². The van der Waals surface area contributed by atoms with Gasteiger partial charge in [-0.25, -0.2) is 4.79 Å². The second-order valence-corrected chi connectivity index (χ2v) is 8.06. The number of rotatable bonds is 8. The minimum absolute atomic E-state index is 0.0816. The average molecular weight is 469 g/mol. The highest BCUT2D eigenvalue weighted by Gasteiger charge is 2.21. The van der Waals surface area contributed by atoms with E-state index in [9.17, 15) is 19.2 Å². The van der Waals surface area contributed by atoms with Crippen molar-refractivity contribution in [2.75, 3.05) is 6.54 Å². The van der Waals surface area contributed by atoms with Crippen molar-refractivity contribution in [3.05, 3.63) is 106 Å². The first-order valence-corrected chi connectivity index (χ1v) is 10.9. The van der Waals surface area contributed by atoms with E-state index in [1.54, 1.807) is 24.3 Å². The van der Waals surface area contributed by atoms with Crippen LogP contribution in [0.15, 0.2) is 83.8 Å². The zero-order chi connectivity index (χ0) is 24.9. The molecule has 1 aromatic heterocycles. The molecule has 35 heavy (non-hydrogen) atoms. The van der Waals surface area contributed by atoms with Crippen molar-refractivity contribution in [1.29, 1.82) is 0 Å². The molecule has 0 aliphatic heterocycles. The van der Waals surface area contributed by atoms with E-state index in [4.69, 9.17) is 10.8 Å². The highest BCUT2D eigenvalue weighted by atomic mass is 16.4. The van der Waals surface area contributed by atoms with Crippen molar-refractivity contribution in [3.8, 4) is 11.1 Å². The number of fused-ring (bicyclic) bond motifs is 1. The van der Waals surface area contributed by atoms with E-state index < -0.39 is 23.3 Å². The number of carbonyl (C=O) groups excluding carboxylic acids is 2. The van der Waals surface area contributed by atoms with Gasteiger partial charge in [-0.05, 0) is 41.0 Å². The number of hydrogen-bond donors (Lipinski definition) is 4. The Hall–Kier alpha value is -4.56. The van der Waals surface area contributed by atoms with E-state index in [0.717, 1.165) is 17.3 Å². The first-order chi connectivity index (χ1) is 16.9. The molecule has 1 amide bonds. The lowest BCUT2D eigenvalue weighted by Crippen LogP contribution is -2.46. The molecular formula is C27H23N3O5. The lowest BCUT2D eigenvalue weighted by Gasteiger charge is -2.16. The Morgan fingerprint density at radius 2 is 1.63 bits per heavy atom. The standard InChI is InChI=1S/C27H23N3O5/c28-14-23(30-26(33)19-9-7-18(8-10-19)17-4-2-1-3-5-17)24(31)13-16-6-11-22-20(12-16)25(32)21(15-29-22)27(34)35/h1-12,15,23H,13-14,28H2,(H,29,32)(H,30,33)(H,34,35)/t23-/m0/s1. The van der Waals surface area contributed by atoms with Gasteiger partial charge in [0.25, 0.3) is 5.91 Å². The fourth-order valence-corrected chi connectivity index (χ4v) is 3.82. The SMILES string of the molecule is NC[C@H](NC(=O)c1ccc(-c2ccccc2)cc1)C(=O)Cc1ccc2[nH]cc(C(=O)O)c(=O)c2c1. The van der Waals surface area contributed by atoms with Crippen molar-refractivity contribution < 1.29 is 19.5 Å². The monoisotopic (exact) mass is 469 g/mol. The summed E-state index contributed by atoms with van der Waals surface area (Å²) in [6.45, 7) is -0.0933. The summed E-state index contributed by atoms with van der Waals surface area (Å²) in [5.41, 5.74) is 8.10. The fourth-order valence-electron chi connectivity index (χ4n) is 3.82. The maximum atomic E-state index is 12.9. The number of hydrogen-bond acceptors (Lipinski definition) is 5. The molecule has 1 atom stereocenters. The Bertz CT molecular complexity index is 1460. The molecule has 3 aromatic carbocycles. The van der Waals surface area contributed by atoms with Crippen LogP contribution in [-0.2, 0) is 11.2 Å². The topological polar surface area (TPSA) is 142 Å². The molecule has 176 valence electrons. The van der Waals surface area contributed by atoms with Gasteiger partial charge in [-0.15, -0.1) is 0 Å². The summed E-state index contributed by atoms with van der Waals surface area (Å²) in [7, 11) is 0.